The minimum atomic E-state index is -1.57. The molecule has 0 amide bonds. The molecule has 0 unspecified atom stereocenters. The van der Waals surface area contributed by atoms with Gasteiger partial charge in [-0.05, 0) is 29.0 Å². The Hall–Kier alpha value is -2.27. The number of rotatable bonds is 6. The average molecular weight is 288 g/mol. The summed E-state index contributed by atoms with van der Waals surface area (Å²) in [7, 11) is 0. The van der Waals surface area contributed by atoms with Gasteiger partial charge in [-0.15, -0.1) is 11.3 Å². The molecule has 0 aliphatic rings. The van der Waals surface area contributed by atoms with Gasteiger partial charge in [0.25, 0.3) is 0 Å². The van der Waals surface area contributed by atoms with Gasteiger partial charge in [0.2, 0.25) is 5.78 Å². The molecule has 0 radical (unpaired) electrons. The van der Waals surface area contributed by atoms with Crippen LogP contribution in [0.1, 0.15) is 27.2 Å². The number of aliphatic carboxylic acids is 1. The minimum absolute atomic E-state index is 0.432. The molecule has 0 aliphatic carbocycles. The molecule has 0 atom stereocenters. The van der Waals surface area contributed by atoms with Crippen molar-refractivity contribution in [2.75, 3.05) is 0 Å². The van der Waals surface area contributed by atoms with Gasteiger partial charge in [-0.25, -0.2) is 4.79 Å². The number of hydrogen-bond donors (Lipinski definition) is 1. The molecule has 0 aliphatic heterocycles. The Bertz CT molecular complexity index is 643. The zero-order valence-corrected chi connectivity index (χ0v) is 11.4. The zero-order valence-electron chi connectivity index (χ0n) is 10.5. The SMILES string of the molecule is O=C(O)C(=O)CC(=O)c1sccc1Cc1ccccc1. The molecule has 0 saturated carbocycles. The van der Waals surface area contributed by atoms with Gasteiger partial charge in [0, 0.05) is 0 Å². The van der Waals surface area contributed by atoms with Crippen LogP contribution in [0.4, 0.5) is 0 Å². The number of ketones is 2. The molecule has 102 valence electrons. The molecule has 1 N–H and O–H groups in total. The molecule has 0 fully saturated rings. The molecule has 20 heavy (non-hydrogen) atoms. The third kappa shape index (κ3) is 3.39. The van der Waals surface area contributed by atoms with Crippen LogP contribution in [0.15, 0.2) is 41.8 Å². The first-order valence-corrected chi connectivity index (χ1v) is 6.85. The second-order valence-electron chi connectivity index (χ2n) is 4.27. The lowest BCUT2D eigenvalue weighted by Crippen LogP contribution is -2.17. The van der Waals surface area contributed by atoms with Gasteiger partial charge < -0.3 is 5.11 Å². The van der Waals surface area contributed by atoms with E-state index >= 15 is 0 Å². The number of benzene rings is 1. The first-order chi connectivity index (χ1) is 9.58. The normalized spacial score (nSPS) is 10.2. The fourth-order valence-corrected chi connectivity index (χ4v) is 2.70. The van der Waals surface area contributed by atoms with Crippen LogP contribution in [-0.2, 0) is 16.0 Å². The highest BCUT2D eigenvalue weighted by molar-refractivity contribution is 7.12. The summed E-state index contributed by atoms with van der Waals surface area (Å²) in [4.78, 5) is 34.0. The fourth-order valence-electron chi connectivity index (χ4n) is 1.84. The van der Waals surface area contributed by atoms with E-state index < -0.39 is 24.0 Å². The topological polar surface area (TPSA) is 71.4 Å². The Morgan fingerprint density at radius 1 is 1.05 bits per heavy atom. The predicted molar refractivity (Wildman–Crippen MR) is 75.2 cm³/mol. The van der Waals surface area contributed by atoms with Crippen molar-refractivity contribution in [3.8, 4) is 0 Å². The standard InChI is InChI=1S/C15H12O4S/c16-12(9-13(17)15(18)19)14-11(6-7-20-14)8-10-4-2-1-3-5-10/h1-7H,8-9H2,(H,18,19). The molecule has 5 heteroatoms. The quantitative estimate of drug-likeness (QED) is 0.504. The van der Waals surface area contributed by atoms with Gasteiger partial charge in [-0.2, -0.15) is 0 Å². The van der Waals surface area contributed by atoms with Gasteiger partial charge in [0.15, 0.2) is 5.78 Å². The Morgan fingerprint density at radius 2 is 1.75 bits per heavy atom. The highest BCUT2D eigenvalue weighted by Gasteiger charge is 2.20. The van der Waals surface area contributed by atoms with E-state index in [1.165, 1.54) is 11.3 Å². The van der Waals surface area contributed by atoms with Crippen molar-refractivity contribution in [1.29, 1.82) is 0 Å². The molecular formula is C15H12O4S. The van der Waals surface area contributed by atoms with Crippen molar-refractivity contribution in [2.24, 2.45) is 0 Å². The van der Waals surface area contributed by atoms with E-state index in [0.29, 0.717) is 11.3 Å². The largest absolute Gasteiger partial charge is 0.475 e. The van der Waals surface area contributed by atoms with E-state index in [1.807, 2.05) is 36.4 Å². The second kappa shape index (κ2) is 6.25. The molecule has 1 aromatic heterocycles. The summed E-state index contributed by atoms with van der Waals surface area (Å²) in [6, 6.07) is 11.5. The number of carbonyl (C=O) groups is 3. The molecule has 0 bridgehead atoms. The van der Waals surface area contributed by atoms with Crippen LogP contribution in [0, 0.1) is 0 Å². The summed E-state index contributed by atoms with van der Waals surface area (Å²) >= 11 is 1.24. The number of thiophene rings is 1. The lowest BCUT2D eigenvalue weighted by molar-refractivity contribution is -0.148. The molecule has 4 nitrogen and oxygen atoms in total. The average Bonchev–Trinajstić information content (AvgIpc) is 2.88. The monoisotopic (exact) mass is 288 g/mol. The molecule has 0 saturated heterocycles. The van der Waals surface area contributed by atoms with Gasteiger partial charge in [0.05, 0.1) is 11.3 Å². The van der Waals surface area contributed by atoms with Crippen LogP contribution in [0.25, 0.3) is 0 Å². The number of carboxylic acids is 1. The van der Waals surface area contributed by atoms with Gasteiger partial charge in [0.1, 0.15) is 0 Å². The summed E-state index contributed by atoms with van der Waals surface area (Å²) in [6.45, 7) is 0. The third-order valence-electron chi connectivity index (χ3n) is 2.80. The van der Waals surface area contributed by atoms with Crippen molar-refractivity contribution in [1.82, 2.24) is 0 Å². The lowest BCUT2D eigenvalue weighted by atomic mass is 10.0. The van der Waals surface area contributed by atoms with Crippen LogP contribution < -0.4 is 0 Å². The van der Waals surface area contributed by atoms with Crippen LogP contribution in [-0.4, -0.2) is 22.6 Å². The Labute approximate surface area is 119 Å². The summed E-state index contributed by atoms with van der Waals surface area (Å²) < 4.78 is 0. The van der Waals surface area contributed by atoms with E-state index in [2.05, 4.69) is 0 Å². The maximum absolute atomic E-state index is 12.0. The number of hydrogen-bond acceptors (Lipinski definition) is 4. The van der Waals surface area contributed by atoms with Crippen molar-refractivity contribution in [3.63, 3.8) is 0 Å². The third-order valence-corrected chi connectivity index (χ3v) is 3.79. The molecule has 0 spiro atoms. The number of Topliss-reactive ketones (excluding diaryl/α,β-unsaturated/α-hetero) is 2. The van der Waals surface area contributed by atoms with Gasteiger partial charge in [-0.1, -0.05) is 30.3 Å². The highest BCUT2D eigenvalue weighted by Crippen LogP contribution is 2.22. The Balaban J connectivity index is 2.14. The lowest BCUT2D eigenvalue weighted by Gasteiger charge is -2.02. The Morgan fingerprint density at radius 3 is 2.40 bits per heavy atom. The first-order valence-electron chi connectivity index (χ1n) is 5.97. The molecule has 2 aromatic rings. The minimum Gasteiger partial charge on any atom is -0.475 e. The van der Waals surface area contributed by atoms with Crippen molar-refractivity contribution >= 4 is 28.9 Å². The number of carboxylic acid groups (broad SMARTS) is 1. The maximum atomic E-state index is 12.0. The zero-order chi connectivity index (χ0) is 14.5. The highest BCUT2D eigenvalue weighted by atomic mass is 32.1. The van der Waals surface area contributed by atoms with Crippen LogP contribution >= 0.6 is 11.3 Å². The van der Waals surface area contributed by atoms with Crippen molar-refractivity contribution in [2.45, 2.75) is 12.8 Å². The first kappa shape index (κ1) is 14.1. The summed E-state index contributed by atoms with van der Waals surface area (Å²) in [5.41, 5.74) is 1.88. The fraction of sp³-hybridized carbons (Fsp3) is 0.133. The summed E-state index contributed by atoms with van der Waals surface area (Å²) in [5, 5.41) is 10.3. The van der Waals surface area contributed by atoms with Crippen molar-refractivity contribution in [3.05, 3.63) is 57.8 Å². The molecule has 2 rings (SSSR count). The molecular weight excluding hydrogens is 276 g/mol. The summed E-state index contributed by atoms with van der Waals surface area (Å²) in [6.07, 6.45) is 0.00428. The smallest absolute Gasteiger partial charge is 0.372 e. The maximum Gasteiger partial charge on any atom is 0.372 e. The van der Waals surface area contributed by atoms with Crippen LogP contribution in [0.2, 0.25) is 0 Å². The van der Waals surface area contributed by atoms with E-state index in [9.17, 15) is 14.4 Å². The molecule has 1 heterocycles. The van der Waals surface area contributed by atoms with Crippen LogP contribution in [0.3, 0.4) is 0 Å². The Kier molecular flexibility index (Phi) is 4.42. The van der Waals surface area contributed by atoms with E-state index in [1.54, 1.807) is 5.38 Å². The molecule has 1 aromatic carbocycles. The van der Waals surface area contributed by atoms with E-state index in [-0.39, 0.29) is 0 Å². The van der Waals surface area contributed by atoms with Crippen LogP contribution in [0.5, 0.6) is 0 Å². The van der Waals surface area contributed by atoms with E-state index in [0.717, 1.165) is 11.1 Å². The second-order valence-corrected chi connectivity index (χ2v) is 5.18. The van der Waals surface area contributed by atoms with Crippen molar-refractivity contribution < 1.29 is 19.5 Å². The summed E-state index contributed by atoms with van der Waals surface area (Å²) in [5.74, 6) is -3.08. The van der Waals surface area contributed by atoms with Gasteiger partial charge in [-0.3, -0.25) is 9.59 Å². The predicted octanol–water partition coefficient (Wildman–Crippen LogP) is 2.57. The number of carbonyl (C=O) groups excluding carboxylic acids is 2. The van der Waals surface area contributed by atoms with Gasteiger partial charge >= 0.3 is 5.97 Å². The van der Waals surface area contributed by atoms with E-state index in [4.69, 9.17) is 5.11 Å².